The van der Waals surface area contributed by atoms with Crippen molar-refractivity contribution in [1.82, 2.24) is 10.6 Å². The van der Waals surface area contributed by atoms with E-state index < -0.39 is 12.0 Å². The predicted octanol–water partition coefficient (Wildman–Crippen LogP) is 1.39. The van der Waals surface area contributed by atoms with E-state index in [2.05, 4.69) is 10.6 Å². The van der Waals surface area contributed by atoms with Crippen molar-refractivity contribution in [1.29, 1.82) is 0 Å². The molecule has 0 saturated heterocycles. The number of carbonyl (C=O) groups is 2. The second kappa shape index (κ2) is 4.56. The zero-order valence-corrected chi connectivity index (χ0v) is 10.4. The van der Waals surface area contributed by atoms with Gasteiger partial charge in [0.05, 0.1) is 12.7 Å². The van der Waals surface area contributed by atoms with Gasteiger partial charge in [0.25, 0.3) is 0 Å². The van der Waals surface area contributed by atoms with Crippen LogP contribution in [0.1, 0.15) is 24.5 Å². The standard InChI is InChI=1S/C12H14N2O4/c1-6-4-5-8(18-6)10-9(11(15)17-3)7(2)13-12(16)14-10/h4-5,10H,1-3H3,(H2,13,14,16)/t10-/m1/s1. The molecule has 6 heteroatoms. The number of urea groups is 1. The molecule has 0 saturated carbocycles. The highest BCUT2D eigenvalue weighted by Crippen LogP contribution is 2.28. The van der Waals surface area contributed by atoms with Gasteiger partial charge in [-0.1, -0.05) is 0 Å². The number of ether oxygens (including phenoxy) is 1. The molecule has 96 valence electrons. The SMILES string of the molecule is COC(=O)C1=C(C)NC(=O)N[C@@H]1c1ccc(C)o1. The monoisotopic (exact) mass is 250 g/mol. The van der Waals surface area contributed by atoms with Gasteiger partial charge in [-0.3, -0.25) is 0 Å². The smallest absolute Gasteiger partial charge is 0.338 e. The number of nitrogens with one attached hydrogen (secondary N) is 2. The van der Waals surface area contributed by atoms with Crippen LogP contribution < -0.4 is 10.6 Å². The van der Waals surface area contributed by atoms with E-state index in [-0.39, 0.29) is 6.03 Å². The number of esters is 1. The van der Waals surface area contributed by atoms with Crippen molar-refractivity contribution in [2.75, 3.05) is 7.11 Å². The molecule has 0 aliphatic carbocycles. The number of hydrogen-bond acceptors (Lipinski definition) is 4. The average Bonchev–Trinajstić information content (AvgIpc) is 2.74. The molecule has 18 heavy (non-hydrogen) atoms. The molecule has 2 amide bonds. The summed E-state index contributed by atoms with van der Waals surface area (Å²) in [6.45, 7) is 3.44. The van der Waals surface area contributed by atoms with Crippen molar-refractivity contribution in [3.63, 3.8) is 0 Å². The van der Waals surface area contributed by atoms with Crippen molar-refractivity contribution in [3.8, 4) is 0 Å². The van der Waals surface area contributed by atoms with E-state index in [9.17, 15) is 9.59 Å². The van der Waals surface area contributed by atoms with Crippen LogP contribution in [0.15, 0.2) is 27.8 Å². The van der Waals surface area contributed by atoms with Crippen LogP contribution in [-0.2, 0) is 9.53 Å². The lowest BCUT2D eigenvalue weighted by Crippen LogP contribution is -2.45. The minimum atomic E-state index is -0.625. The molecule has 1 aromatic rings. The zero-order valence-electron chi connectivity index (χ0n) is 10.4. The lowest BCUT2D eigenvalue weighted by molar-refractivity contribution is -0.136. The molecule has 0 fully saturated rings. The first kappa shape index (κ1) is 12.2. The molecule has 0 unspecified atom stereocenters. The number of methoxy groups -OCH3 is 1. The molecule has 0 bridgehead atoms. The Labute approximate surface area is 104 Å². The number of hydrogen-bond donors (Lipinski definition) is 2. The molecule has 0 aromatic carbocycles. The van der Waals surface area contributed by atoms with Crippen molar-refractivity contribution in [2.45, 2.75) is 19.9 Å². The number of amides is 2. The molecule has 1 aliphatic rings. The van der Waals surface area contributed by atoms with Crippen molar-refractivity contribution >= 4 is 12.0 Å². The van der Waals surface area contributed by atoms with Crippen LogP contribution >= 0.6 is 0 Å². The lowest BCUT2D eigenvalue weighted by atomic mass is 10.0. The highest BCUT2D eigenvalue weighted by molar-refractivity contribution is 5.94. The van der Waals surface area contributed by atoms with Crippen LogP contribution in [0.3, 0.4) is 0 Å². The van der Waals surface area contributed by atoms with Gasteiger partial charge >= 0.3 is 12.0 Å². The summed E-state index contributed by atoms with van der Waals surface area (Å²) in [6, 6.07) is 2.49. The maximum atomic E-state index is 11.8. The van der Waals surface area contributed by atoms with E-state index >= 15 is 0 Å². The maximum Gasteiger partial charge on any atom is 0.338 e. The molecule has 1 aromatic heterocycles. The molecular weight excluding hydrogens is 236 g/mol. The molecule has 6 nitrogen and oxygen atoms in total. The van der Waals surface area contributed by atoms with Crippen molar-refractivity contribution in [2.24, 2.45) is 0 Å². The van der Waals surface area contributed by atoms with Gasteiger partial charge in [-0.25, -0.2) is 9.59 Å². The van der Waals surface area contributed by atoms with Gasteiger partial charge in [-0.2, -0.15) is 0 Å². The first-order valence-electron chi connectivity index (χ1n) is 5.46. The van der Waals surface area contributed by atoms with Crippen LogP contribution in [0.2, 0.25) is 0 Å². The number of aryl methyl sites for hydroxylation is 1. The van der Waals surface area contributed by atoms with Crippen LogP contribution in [-0.4, -0.2) is 19.1 Å². The highest BCUT2D eigenvalue weighted by Gasteiger charge is 2.33. The van der Waals surface area contributed by atoms with Gasteiger partial charge in [0.1, 0.15) is 17.6 Å². The largest absolute Gasteiger partial charge is 0.466 e. The van der Waals surface area contributed by atoms with Crippen molar-refractivity contribution < 1.29 is 18.7 Å². The Kier molecular flexibility index (Phi) is 3.10. The molecule has 1 aliphatic heterocycles. The van der Waals surface area contributed by atoms with Crippen molar-refractivity contribution in [3.05, 3.63) is 34.9 Å². The molecular formula is C12H14N2O4. The molecule has 2 heterocycles. The third kappa shape index (κ3) is 2.09. The molecule has 0 radical (unpaired) electrons. The molecule has 0 spiro atoms. The Hall–Kier alpha value is -2.24. The fraction of sp³-hybridized carbons (Fsp3) is 0.333. The Morgan fingerprint density at radius 1 is 1.39 bits per heavy atom. The van der Waals surface area contributed by atoms with Gasteiger partial charge in [-0.05, 0) is 26.0 Å². The summed E-state index contributed by atoms with van der Waals surface area (Å²) in [5.41, 5.74) is 0.802. The summed E-state index contributed by atoms with van der Waals surface area (Å²) in [4.78, 5) is 23.2. The van der Waals surface area contributed by atoms with E-state index in [1.54, 1.807) is 26.0 Å². The lowest BCUT2D eigenvalue weighted by Gasteiger charge is -2.25. The predicted molar refractivity (Wildman–Crippen MR) is 62.6 cm³/mol. The third-order valence-electron chi connectivity index (χ3n) is 2.72. The van der Waals surface area contributed by atoms with Crippen LogP contribution in [0.25, 0.3) is 0 Å². The zero-order chi connectivity index (χ0) is 13.3. The first-order chi connectivity index (χ1) is 8.52. The Morgan fingerprint density at radius 2 is 2.11 bits per heavy atom. The van der Waals surface area contributed by atoms with Gasteiger partial charge < -0.3 is 19.8 Å². The summed E-state index contributed by atoms with van der Waals surface area (Å²) in [7, 11) is 1.30. The molecule has 2 N–H and O–H groups in total. The van der Waals surface area contributed by atoms with Gasteiger partial charge in [0.2, 0.25) is 0 Å². The Morgan fingerprint density at radius 3 is 2.67 bits per heavy atom. The fourth-order valence-electron chi connectivity index (χ4n) is 1.90. The highest BCUT2D eigenvalue weighted by atomic mass is 16.5. The van der Waals surface area contributed by atoms with Crippen LogP contribution in [0.5, 0.6) is 0 Å². The number of furan rings is 1. The Balaban J connectivity index is 2.45. The van der Waals surface area contributed by atoms with Gasteiger partial charge in [0.15, 0.2) is 0 Å². The first-order valence-corrected chi connectivity index (χ1v) is 5.46. The molecule has 1 atom stereocenters. The second-order valence-corrected chi connectivity index (χ2v) is 4.01. The number of carbonyl (C=O) groups excluding carboxylic acids is 2. The van der Waals surface area contributed by atoms with E-state index in [0.717, 1.165) is 0 Å². The number of rotatable bonds is 2. The maximum absolute atomic E-state index is 11.8. The normalized spacial score (nSPS) is 19.3. The summed E-state index contributed by atoms with van der Waals surface area (Å²) in [6.07, 6.45) is 0. The minimum Gasteiger partial charge on any atom is -0.466 e. The fourth-order valence-corrected chi connectivity index (χ4v) is 1.90. The van der Waals surface area contributed by atoms with Gasteiger partial charge in [0, 0.05) is 5.70 Å². The summed E-state index contributed by atoms with van der Waals surface area (Å²) >= 11 is 0. The van der Waals surface area contributed by atoms with E-state index in [4.69, 9.17) is 9.15 Å². The van der Waals surface area contributed by atoms with Crippen LogP contribution in [0.4, 0.5) is 4.79 Å². The van der Waals surface area contributed by atoms with E-state index in [1.165, 1.54) is 7.11 Å². The summed E-state index contributed by atoms with van der Waals surface area (Å²) in [5, 5.41) is 5.18. The average molecular weight is 250 g/mol. The number of allylic oxidation sites excluding steroid dienone is 1. The van der Waals surface area contributed by atoms with E-state index in [1.807, 2.05) is 0 Å². The Bertz CT molecular complexity index is 530. The third-order valence-corrected chi connectivity index (χ3v) is 2.72. The van der Waals surface area contributed by atoms with Gasteiger partial charge in [-0.15, -0.1) is 0 Å². The second-order valence-electron chi connectivity index (χ2n) is 4.01. The summed E-state index contributed by atoms with van der Waals surface area (Å²) in [5.74, 6) is 0.709. The minimum absolute atomic E-state index is 0.339. The van der Waals surface area contributed by atoms with Crippen LogP contribution in [0, 0.1) is 6.92 Å². The quantitative estimate of drug-likeness (QED) is 0.777. The molecule has 2 rings (SSSR count). The topological polar surface area (TPSA) is 80.6 Å². The van der Waals surface area contributed by atoms with E-state index in [0.29, 0.717) is 22.8 Å². The summed E-state index contributed by atoms with van der Waals surface area (Å²) < 4.78 is 10.2.